The Hall–Kier alpha value is -0.160. The van der Waals surface area contributed by atoms with Crippen molar-refractivity contribution in [2.75, 3.05) is 72.4 Å². The highest BCUT2D eigenvalue weighted by Crippen LogP contribution is 2.34. The van der Waals surface area contributed by atoms with Crippen molar-refractivity contribution in [2.24, 2.45) is 10.9 Å². The highest BCUT2D eigenvalue weighted by molar-refractivity contribution is 14.0. The van der Waals surface area contributed by atoms with Crippen molar-refractivity contribution in [3.8, 4) is 0 Å². The molecule has 1 atom stereocenters. The zero-order chi connectivity index (χ0) is 20.2. The summed E-state index contributed by atoms with van der Waals surface area (Å²) in [6.45, 7) is 12.0. The molecular formula is C22H43IN4O3. The van der Waals surface area contributed by atoms with Crippen LogP contribution >= 0.6 is 24.0 Å². The predicted molar refractivity (Wildman–Crippen MR) is 132 cm³/mol. The molecule has 2 aliphatic heterocycles. The van der Waals surface area contributed by atoms with Crippen molar-refractivity contribution in [3.63, 3.8) is 0 Å². The van der Waals surface area contributed by atoms with Crippen LogP contribution in [-0.2, 0) is 14.2 Å². The van der Waals surface area contributed by atoms with Gasteiger partial charge in [0.2, 0.25) is 0 Å². The molecule has 2 N–H and O–H groups in total. The lowest BCUT2D eigenvalue weighted by molar-refractivity contribution is -0.0333. The van der Waals surface area contributed by atoms with E-state index in [1.807, 2.05) is 0 Å². The summed E-state index contributed by atoms with van der Waals surface area (Å²) in [6.07, 6.45) is 8.65. The van der Waals surface area contributed by atoms with Crippen molar-refractivity contribution in [1.29, 1.82) is 0 Å². The minimum Gasteiger partial charge on any atom is -0.381 e. The molecule has 0 aromatic heterocycles. The largest absolute Gasteiger partial charge is 0.381 e. The summed E-state index contributed by atoms with van der Waals surface area (Å²) in [4.78, 5) is 7.68. The molecule has 1 saturated carbocycles. The van der Waals surface area contributed by atoms with Crippen LogP contribution < -0.4 is 10.6 Å². The molecule has 0 aromatic rings. The molecule has 1 unspecified atom stereocenters. The second-order valence-corrected chi connectivity index (χ2v) is 8.66. The van der Waals surface area contributed by atoms with Crippen LogP contribution in [0.2, 0.25) is 0 Å². The number of rotatable bonds is 10. The molecule has 7 nitrogen and oxygen atoms in total. The van der Waals surface area contributed by atoms with E-state index in [0.717, 1.165) is 91.2 Å². The van der Waals surface area contributed by atoms with Gasteiger partial charge >= 0.3 is 0 Å². The van der Waals surface area contributed by atoms with E-state index in [4.69, 9.17) is 19.2 Å². The number of hydrogen-bond donors (Lipinski definition) is 2. The average molecular weight is 539 g/mol. The van der Waals surface area contributed by atoms with E-state index < -0.39 is 0 Å². The van der Waals surface area contributed by atoms with Crippen molar-refractivity contribution in [1.82, 2.24) is 15.5 Å². The van der Waals surface area contributed by atoms with Crippen LogP contribution in [0, 0.1) is 5.92 Å². The van der Waals surface area contributed by atoms with Crippen molar-refractivity contribution in [3.05, 3.63) is 0 Å². The number of ether oxygens (including phenoxy) is 3. The molecule has 1 aliphatic carbocycles. The molecule has 176 valence electrons. The lowest BCUT2D eigenvalue weighted by Crippen LogP contribution is -2.56. The number of nitrogens with one attached hydrogen (secondary N) is 2. The lowest BCUT2D eigenvalue weighted by atomic mass is 9.80. The Kier molecular flexibility index (Phi) is 12.9. The zero-order valence-corrected chi connectivity index (χ0v) is 21.2. The summed E-state index contributed by atoms with van der Waals surface area (Å²) < 4.78 is 16.8. The van der Waals surface area contributed by atoms with Crippen LogP contribution in [0.3, 0.4) is 0 Å². The maximum absolute atomic E-state index is 5.81. The van der Waals surface area contributed by atoms with E-state index in [9.17, 15) is 0 Å². The molecule has 2 heterocycles. The van der Waals surface area contributed by atoms with Crippen LogP contribution in [0.25, 0.3) is 0 Å². The van der Waals surface area contributed by atoms with Gasteiger partial charge in [0.05, 0.1) is 33.0 Å². The van der Waals surface area contributed by atoms with E-state index in [-0.39, 0.29) is 29.5 Å². The van der Waals surface area contributed by atoms with Gasteiger partial charge in [-0.25, -0.2) is 0 Å². The summed E-state index contributed by atoms with van der Waals surface area (Å²) in [6, 6.07) is 0. The van der Waals surface area contributed by atoms with Gasteiger partial charge in [-0.1, -0.05) is 19.3 Å². The van der Waals surface area contributed by atoms with Crippen molar-refractivity contribution in [2.45, 2.75) is 57.4 Å². The van der Waals surface area contributed by atoms with E-state index in [2.05, 4.69) is 22.5 Å². The van der Waals surface area contributed by atoms with Crippen LogP contribution in [0.4, 0.5) is 0 Å². The molecular weight excluding hydrogens is 495 g/mol. The molecule has 0 radical (unpaired) electrons. The van der Waals surface area contributed by atoms with Gasteiger partial charge in [0.25, 0.3) is 0 Å². The first-order valence-corrected chi connectivity index (χ1v) is 11.8. The second-order valence-electron chi connectivity index (χ2n) is 8.66. The zero-order valence-electron chi connectivity index (χ0n) is 18.8. The topological polar surface area (TPSA) is 67.4 Å². The number of halogens is 1. The van der Waals surface area contributed by atoms with Crippen LogP contribution in [0.1, 0.15) is 51.9 Å². The Morgan fingerprint density at radius 2 is 1.90 bits per heavy atom. The first kappa shape index (κ1) is 26.1. The van der Waals surface area contributed by atoms with Gasteiger partial charge in [-0.3, -0.25) is 9.89 Å². The minimum atomic E-state index is 0. The summed E-state index contributed by atoms with van der Waals surface area (Å²) in [7, 11) is 0. The van der Waals surface area contributed by atoms with E-state index in [1.54, 1.807) is 0 Å². The highest BCUT2D eigenvalue weighted by Gasteiger charge is 2.38. The first-order valence-electron chi connectivity index (χ1n) is 11.8. The molecule has 3 rings (SSSR count). The predicted octanol–water partition coefficient (Wildman–Crippen LogP) is 2.64. The molecule has 3 fully saturated rings. The Morgan fingerprint density at radius 1 is 1.10 bits per heavy atom. The number of morpholine rings is 1. The van der Waals surface area contributed by atoms with Crippen molar-refractivity contribution < 1.29 is 14.2 Å². The molecule has 0 aromatic carbocycles. The van der Waals surface area contributed by atoms with Crippen LogP contribution in [0.15, 0.2) is 4.99 Å². The maximum atomic E-state index is 5.81. The maximum Gasteiger partial charge on any atom is 0.191 e. The lowest BCUT2D eigenvalue weighted by Gasteiger charge is -2.47. The van der Waals surface area contributed by atoms with Gasteiger partial charge in [-0.05, 0) is 32.6 Å². The fourth-order valence-corrected chi connectivity index (χ4v) is 4.74. The van der Waals surface area contributed by atoms with Crippen LogP contribution in [-0.4, -0.2) is 88.8 Å². The van der Waals surface area contributed by atoms with Crippen LogP contribution in [0.5, 0.6) is 0 Å². The molecule has 3 aliphatic rings. The second kappa shape index (κ2) is 14.8. The van der Waals surface area contributed by atoms with E-state index in [1.165, 1.54) is 32.1 Å². The monoisotopic (exact) mass is 538 g/mol. The summed E-state index contributed by atoms with van der Waals surface area (Å²) in [5, 5.41) is 6.92. The number of aliphatic imine (C=N–C) groups is 1. The summed E-state index contributed by atoms with van der Waals surface area (Å²) in [5.41, 5.74) is 0.219. The van der Waals surface area contributed by atoms with Gasteiger partial charge in [0.15, 0.2) is 5.96 Å². The summed E-state index contributed by atoms with van der Waals surface area (Å²) in [5.74, 6) is 1.53. The highest BCUT2D eigenvalue weighted by atomic mass is 127. The average Bonchev–Trinajstić information content (AvgIpc) is 3.29. The summed E-state index contributed by atoms with van der Waals surface area (Å²) >= 11 is 0. The standard InChI is InChI=1S/C22H42N4O3.HI/c1-2-23-21(24-10-6-13-28-17-20-7-14-29-18-20)25-19-22(8-4-3-5-9-22)26-11-15-27-16-12-26;/h20H,2-19H2,1H3,(H2,23,24,25);1H. The van der Waals surface area contributed by atoms with Gasteiger partial charge in [-0.2, -0.15) is 0 Å². The normalized spacial score (nSPS) is 25.0. The fraction of sp³-hybridized carbons (Fsp3) is 0.955. The third kappa shape index (κ3) is 8.41. The van der Waals surface area contributed by atoms with Gasteiger partial charge in [0, 0.05) is 50.8 Å². The SMILES string of the molecule is CCNC(=NCC1(N2CCOCC2)CCCCC1)NCCCOCC1CCOC1.I. The number of guanidine groups is 1. The van der Waals surface area contributed by atoms with Gasteiger partial charge in [0.1, 0.15) is 0 Å². The Labute approximate surface area is 200 Å². The fourth-order valence-electron chi connectivity index (χ4n) is 4.74. The number of nitrogens with zero attached hydrogens (tertiary/aromatic N) is 2. The van der Waals surface area contributed by atoms with E-state index >= 15 is 0 Å². The van der Waals surface area contributed by atoms with Gasteiger partial charge in [-0.15, -0.1) is 24.0 Å². The quantitative estimate of drug-likeness (QED) is 0.193. The smallest absolute Gasteiger partial charge is 0.191 e. The Bertz CT molecular complexity index is 477. The molecule has 0 spiro atoms. The van der Waals surface area contributed by atoms with Gasteiger partial charge < -0.3 is 24.8 Å². The Balaban J connectivity index is 0.00000320. The molecule has 8 heteroatoms. The molecule has 30 heavy (non-hydrogen) atoms. The first-order chi connectivity index (χ1) is 14.3. The molecule has 0 amide bonds. The van der Waals surface area contributed by atoms with Crippen molar-refractivity contribution >= 4 is 29.9 Å². The molecule has 2 saturated heterocycles. The minimum absolute atomic E-state index is 0. The third-order valence-corrected chi connectivity index (χ3v) is 6.48. The molecule has 0 bridgehead atoms. The number of hydrogen-bond acceptors (Lipinski definition) is 5. The Morgan fingerprint density at radius 3 is 2.60 bits per heavy atom. The third-order valence-electron chi connectivity index (χ3n) is 6.48. The van der Waals surface area contributed by atoms with E-state index in [0.29, 0.717) is 5.92 Å².